The van der Waals surface area contributed by atoms with Crippen LogP contribution in [0.25, 0.3) is 0 Å². The van der Waals surface area contributed by atoms with Crippen LogP contribution >= 0.6 is 27.5 Å². The van der Waals surface area contributed by atoms with E-state index in [-0.39, 0.29) is 17.5 Å². The number of benzene rings is 2. The minimum atomic E-state index is -0.306. The number of amides is 1. The summed E-state index contributed by atoms with van der Waals surface area (Å²) in [5.74, 6) is -0.330. The highest BCUT2D eigenvalue weighted by molar-refractivity contribution is 9.10. The first-order chi connectivity index (χ1) is 15.3. The summed E-state index contributed by atoms with van der Waals surface area (Å²) >= 11 is 9.78. The molecule has 1 N–H and O–H groups in total. The van der Waals surface area contributed by atoms with Crippen molar-refractivity contribution in [2.45, 2.75) is 26.9 Å². The third-order valence-corrected chi connectivity index (χ3v) is 6.47. The summed E-state index contributed by atoms with van der Waals surface area (Å²) in [7, 11) is 0. The summed E-state index contributed by atoms with van der Waals surface area (Å²) in [6.07, 6.45) is 1.62. The summed E-state index contributed by atoms with van der Waals surface area (Å²) < 4.78 is 17.6. The molecule has 0 fully saturated rings. The molecule has 6 nitrogen and oxygen atoms in total. The van der Waals surface area contributed by atoms with Crippen molar-refractivity contribution in [2.75, 3.05) is 5.32 Å². The van der Waals surface area contributed by atoms with Gasteiger partial charge < -0.3 is 5.32 Å². The standard InChI is InChI=1S/C23H20BrClFN5O/c1-14-21(24)15(2)31(28-14)12-17-3-7-18(8-4-17)23(32)27-22-20(25)13-30(29-22)11-16-5-9-19(26)10-6-16/h3-10,13H,11-12H2,1-2H3,(H,27,29,32). The average molecular weight is 517 g/mol. The van der Waals surface area contributed by atoms with Gasteiger partial charge in [-0.25, -0.2) is 4.39 Å². The van der Waals surface area contributed by atoms with Crippen LogP contribution in [0.2, 0.25) is 5.02 Å². The van der Waals surface area contributed by atoms with Gasteiger partial charge in [-0.3, -0.25) is 14.2 Å². The number of halogens is 3. The minimum Gasteiger partial charge on any atom is -0.304 e. The van der Waals surface area contributed by atoms with Crippen LogP contribution in [-0.2, 0) is 13.1 Å². The Bertz CT molecular complexity index is 1270. The van der Waals surface area contributed by atoms with Crippen molar-refractivity contribution >= 4 is 39.3 Å². The number of carbonyl (C=O) groups is 1. The lowest BCUT2D eigenvalue weighted by Gasteiger charge is -2.07. The smallest absolute Gasteiger partial charge is 0.256 e. The second kappa shape index (κ2) is 9.26. The first-order valence-electron chi connectivity index (χ1n) is 9.87. The molecule has 2 aromatic heterocycles. The first-order valence-corrected chi connectivity index (χ1v) is 11.0. The number of aromatic nitrogens is 4. The van der Waals surface area contributed by atoms with Crippen LogP contribution in [0.5, 0.6) is 0 Å². The molecule has 0 aliphatic rings. The van der Waals surface area contributed by atoms with Crippen LogP contribution in [-0.4, -0.2) is 25.5 Å². The molecule has 9 heteroatoms. The van der Waals surface area contributed by atoms with Crippen LogP contribution in [0.15, 0.2) is 59.2 Å². The van der Waals surface area contributed by atoms with E-state index in [0.717, 1.165) is 27.0 Å². The molecule has 0 unspecified atom stereocenters. The highest BCUT2D eigenvalue weighted by Gasteiger charge is 2.14. The fourth-order valence-electron chi connectivity index (χ4n) is 3.28. The molecule has 0 saturated heterocycles. The lowest BCUT2D eigenvalue weighted by Crippen LogP contribution is -2.13. The van der Waals surface area contributed by atoms with E-state index < -0.39 is 0 Å². The van der Waals surface area contributed by atoms with Crippen molar-refractivity contribution in [2.24, 2.45) is 0 Å². The normalized spacial score (nSPS) is 11.0. The van der Waals surface area contributed by atoms with Crippen molar-refractivity contribution < 1.29 is 9.18 Å². The summed E-state index contributed by atoms with van der Waals surface area (Å²) in [6.45, 7) is 4.98. The number of nitrogens with one attached hydrogen (secondary N) is 1. The van der Waals surface area contributed by atoms with Gasteiger partial charge >= 0.3 is 0 Å². The van der Waals surface area contributed by atoms with Gasteiger partial charge in [-0.05, 0) is 65.2 Å². The topological polar surface area (TPSA) is 64.7 Å². The lowest BCUT2D eigenvalue weighted by atomic mass is 10.1. The summed E-state index contributed by atoms with van der Waals surface area (Å²) in [5.41, 5.74) is 4.38. The molecule has 32 heavy (non-hydrogen) atoms. The molecule has 0 radical (unpaired) electrons. The van der Waals surface area contributed by atoms with Crippen LogP contribution < -0.4 is 5.32 Å². The molecule has 0 spiro atoms. The van der Waals surface area contributed by atoms with Gasteiger partial charge in [-0.2, -0.15) is 10.2 Å². The van der Waals surface area contributed by atoms with Crippen LogP contribution in [0, 0.1) is 19.7 Å². The quantitative estimate of drug-likeness (QED) is 0.363. The highest BCUT2D eigenvalue weighted by Crippen LogP contribution is 2.22. The van der Waals surface area contributed by atoms with Gasteiger partial charge in [0.2, 0.25) is 0 Å². The van der Waals surface area contributed by atoms with E-state index in [4.69, 9.17) is 11.6 Å². The Morgan fingerprint density at radius 1 is 1.03 bits per heavy atom. The molecular weight excluding hydrogens is 497 g/mol. The lowest BCUT2D eigenvalue weighted by molar-refractivity contribution is 0.102. The van der Waals surface area contributed by atoms with Crippen molar-refractivity contribution in [1.29, 1.82) is 0 Å². The summed E-state index contributed by atoms with van der Waals surface area (Å²) in [5, 5.41) is 11.9. The Balaban J connectivity index is 1.42. The second-order valence-electron chi connectivity index (χ2n) is 7.44. The van der Waals surface area contributed by atoms with Crippen LogP contribution in [0.4, 0.5) is 10.2 Å². The predicted octanol–water partition coefficient (Wildman–Crippen LogP) is 5.60. The minimum absolute atomic E-state index is 0.273. The van der Waals surface area contributed by atoms with Gasteiger partial charge in [0.25, 0.3) is 5.91 Å². The third kappa shape index (κ3) is 4.92. The van der Waals surface area contributed by atoms with Crippen molar-refractivity contribution in [3.05, 3.63) is 98.1 Å². The molecule has 0 aliphatic carbocycles. The summed E-state index contributed by atoms with van der Waals surface area (Å²) in [4.78, 5) is 12.7. The Labute approximate surface area is 198 Å². The molecule has 2 heterocycles. The van der Waals surface area contributed by atoms with Gasteiger partial charge in [0, 0.05) is 11.8 Å². The number of aryl methyl sites for hydroxylation is 1. The third-order valence-electron chi connectivity index (χ3n) is 5.05. The monoisotopic (exact) mass is 515 g/mol. The van der Waals surface area contributed by atoms with Crippen LogP contribution in [0.3, 0.4) is 0 Å². The average Bonchev–Trinajstić information content (AvgIpc) is 3.23. The van der Waals surface area contributed by atoms with E-state index >= 15 is 0 Å². The maximum Gasteiger partial charge on any atom is 0.256 e. The van der Waals surface area contributed by atoms with Crippen molar-refractivity contribution in [3.63, 3.8) is 0 Å². The SMILES string of the molecule is Cc1nn(Cc2ccc(C(=O)Nc3nn(Cc4ccc(F)cc4)cc3Cl)cc2)c(C)c1Br. The van der Waals surface area contributed by atoms with E-state index in [1.807, 2.05) is 30.7 Å². The van der Waals surface area contributed by atoms with Gasteiger partial charge in [-0.1, -0.05) is 35.9 Å². The molecule has 164 valence electrons. The van der Waals surface area contributed by atoms with Crippen molar-refractivity contribution in [3.8, 4) is 0 Å². The molecule has 4 rings (SSSR count). The van der Waals surface area contributed by atoms with Gasteiger partial charge in [0.15, 0.2) is 5.82 Å². The molecule has 4 aromatic rings. The van der Waals surface area contributed by atoms with E-state index in [1.54, 1.807) is 35.1 Å². The van der Waals surface area contributed by atoms with E-state index in [1.165, 1.54) is 12.1 Å². The maximum absolute atomic E-state index is 13.1. The molecular formula is C23H20BrClFN5O. The zero-order valence-electron chi connectivity index (χ0n) is 17.4. The number of rotatable bonds is 6. The Kier molecular flexibility index (Phi) is 6.43. The Morgan fingerprint density at radius 2 is 1.66 bits per heavy atom. The fourth-order valence-corrected chi connectivity index (χ4v) is 3.76. The van der Waals surface area contributed by atoms with Gasteiger partial charge in [0.05, 0.1) is 29.0 Å². The molecule has 2 aromatic carbocycles. The van der Waals surface area contributed by atoms with E-state index in [0.29, 0.717) is 23.7 Å². The Hall–Kier alpha value is -2.97. The second-order valence-corrected chi connectivity index (χ2v) is 8.64. The zero-order valence-corrected chi connectivity index (χ0v) is 19.8. The molecule has 0 aliphatic heterocycles. The van der Waals surface area contributed by atoms with E-state index in [9.17, 15) is 9.18 Å². The summed E-state index contributed by atoms with van der Waals surface area (Å²) in [6, 6.07) is 13.4. The molecule has 0 bridgehead atoms. The number of hydrogen-bond donors (Lipinski definition) is 1. The number of hydrogen-bond acceptors (Lipinski definition) is 3. The van der Waals surface area contributed by atoms with E-state index in [2.05, 4.69) is 31.4 Å². The Morgan fingerprint density at radius 3 is 2.28 bits per heavy atom. The largest absolute Gasteiger partial charge is 0.304 e. The van der Waals surface area contributed by atoms with Crippen LogP contribution in [0.1, 0.15) is 32.9 Å². The fraction of sp³-hybridized carbons (Fsp3) is 0.174. The van der Waals surface area contributed by atoms with Gasteiger partial charge in [-0.15, -0.1) is 0 Å². The van der Waals surface area contributed by atoms with Gasteiger partial charge in [0.1, 0.15) is 10.8 Å². The molecule has 0 atom stereocenters. The van der Waals surface area contributed by atoms with Crippen molar-refractivity contribution in [1.82, 2.24) is 19.6 Å². The number of anilines is 1. The first kappa shape index (κ1) is 22.2. The molecule has 0 saturated carbocycles. The maximum atomic E-state index is 13.1. The number of nitrogens with zero attached hydrogens (tertiary/aromatic N) is 4. The number of carbonyl (C=O) groups excluding carboxylic acids is 1. The predicted molar refractivity (Wildman–Crippen MR) is 126 cm³/mol. The molecule has 1 amide bonds. The highest BCUT2D eigenvalue weighted by atomic mass is 79.9. The zero-order chi connectivity index (χ0) is 22.8.